The Kier molecular flexibility index (Phi) is 8.77. The van der Waals surface area contributed by atoms with E-state index in [2.05, 4.69) is 0 Å². The molecule has 0 aliphatic carbocycles. The van der Waals surface area contributed by atoms with E-state index in [1.807, 2.05) is 6.92 Å². The van der Waals surface area contributed by atoms with E-state index in [4.69, 9.17) is 5.73 Å². The zero-order valence-electron chi connectivity index (χ0n) is 5.79. The molecule has 0 aliphatic heterocycles. The summed E-state index contributed by atoms with van der Waals surface area (Å²) in [7, 11) is -0.666. The summed E-state index contributed by atoms with van der Waals surface area (Å²) >= 11 is 0. The molecule has 0 bridgehead atoms. The van der Waals surface area contributed by atoms with E-state index in [9.17, 15) is 4.21 Å². The largest absolute Gasteiger partial charge is 0.328 e. The van der Waals surface area contributed by atoms with Gasteiger partial charge in [-0.1, -0.05) is 0 Å². The molecule has 0 aromatic rings. The number of hydrogen-bond donors (Lipinski definition) is 1. The summed E-state index contributed by atoms with van der Waals surface area (Å²) in [6.45, 7) is 1.92. The molecule has 9 heavy (non-hydrogen) atoms. The SMILES string of the molecule is CC(N)CCS(C)=O.Cl. The summed E-state index contributed by atoms with van der Waals surface area (Å²) in [5.74, 6) is 0.734. The minimum atomic E-state index is -0.666. The van der Waals surface area contributed by atoms with Crippen molar-refractivity contribution in [2.75, 3.05) is 12.0 Å². The van der Waals surface area contributed by atoms with Gasteiger partial charge in [-0.25, -0.2) is 0 Å². The first kappa shape index (κ1) is 12.1. The van der Waals surface area contributed by atoms with Crippen LogP contribution in [0.15, 0.2) is 0 Å². The zero-order valence-corrected chi connectivity index (χ0v) is 7.43. The number of hydrogen-bond acceptors (Lipinski definition) is 2. The first-order valence-electron chi connectivity index (χ1n) is 2.68. The Balaban J connectivity index is 0. The van der Waals surface area contributed by atoms with Crippen LogP contribution < -0.4 is 5.73 Å². The summed E-state index contributed by atoms with van der Waals surface area (Å²) < 4.78 is 10.4. The van der Waals surface area contributed by atoms with E-state index in [-0.39, 0.29) is 18.4 Å². The van der Waals surface area contributed by atoms with E-state index in [0.29, 0.717) is 0 Å². The molecule has 0 spiro atoms. The fraction of sp³-hybridized carbons (Fsp3) is 1.00. The highest BCUT2D eigenvalue weighted by atomic mass is 35.5. The van der Waals surface area contributed by atoms with E-state index in [1.54, 1.807) is 6.26 Å². The smallest absolute Gasteiger partial charge is 0.0246 e. The molecular weight excluding hydrogens is 158 g/mol. The number of halogens is 1. The lowest BCUT2D eigenvalue weighted by Crippen LogP contribution is -2.17. The maximum Gasteiger partial charge on any atom is 0.0246 e. The van der Waals surface area contributed by atoms with E-state index in [0.717, 1.165) is 12.2 Å². The highest BCUT2D eigenvalue weighted by Crippen LogP contribution is 1.86. The van der Waals surface area contributed by atoms with Crippen molar-refractivity contribution in [2.45, 2.75) is 19.4 Å². The molecule has 0 aromatic carbocycles. The first-order valence-corrected chi connectivity index (χ1v) is 4.41. The molecule has 0 radical (unpaired) electrons. The van der Waals surface area contributed by atoms with Crippen LogP contribution in [-0.4, -0.2) is 22.3 Å². The van der Waals surface area contributed by atoms with Gasteiger partial charge in [0.05, 0.1) is 0 Å². The van der Waals surface area contributed by atoms with Crippen molar-refractivity contribution in [3.05, 3.63) is 0 Å². The molecule has 2 N–H and O–H groups in total. The molecule has 0 fully saturated rings. The van der Waals surface area contributed by atoms with Gasteiger partial charge in [-0.15, -0.1) is 12.4 Å². The van der Waals surface area contributed by atoms with Gasteiger partial charge >= 0.3 is 0 Å². The molecule has 2 nitrogen and oxygen atoms in total. The van der Waals surface area contributed by atoms with Crippen molar-refractivity contribution in [3.63, 3.8) is 0 Å². The topological polar surface area (TPSA) is 43.1 Å². The lowest BCUT2D eigenvalue weighted by Gasteiger charge is -1.99. The molecule has 0 aromatic heterocycles. The molecule has 4 heteroatoms. The van der Waals surface area contributed by atoms with Crippen LogP contribution in [0.2, 0.25) is 0 Å². The van der Waals surface area contributed by atoms with Gasteiger partial charge in [0.2, 0.25) is 0 Å². The molecular formula is C5H14ClNOS. The van der Waals surface area contributed by atoms with Crippen LogP contribution in [0.1, 0.15) is 13.3 Å². The molecule has 2 atom stereocenters. The monoisotopic (exact) mass is 171 g/mol. The third-order valence-electron chi connectivity index (χ3n) is 0.861. The molecule has 0 amide bonds. The third kappa shape index (κ3) is 11.8. The Bertz CT molecular complexity index is 87.0. The lowest BCUT2D eigenvalue weighted by atomic mass is 10.3. The summed E-state index contributed by atoms with van der Waals surface area (Å²) in [5, 5.41) is 0. The molecule has 2 unspecified atom stereocenters. The van der Waals surface area contributed by atoms with Crippen molar-refractivity contribution in [1.29, 1.82) is 0 Å². The minimum Gasteiger partial charge on any atom is -0.328 e. The summed E-state index contributed by atoms with van der Waals surface area (Å²) in [6, 6.07) is 0.193. The summed E-state index contributed by atoms with van der Waals surface area (Å²) in [6.07, 6.45) is 2.56. The summed E-state index contributed by atoms with van der Waals surface area (Å²) in [5.41, 5.74) is 5.41. The molecule has 0 saturated heterocycles. The summed E-state index contributed by atoms with van der Waals surface area (Å²) in [4.78, 5) is 0. The van der Waals surface area contributed by atoms with Crippen LogP contribution in [-0.2, 0) is 10.8 Å². The number of nitrogens with two attached hydrogens (primary N) is 1. The second kappa shape index (κ2) is 6.52. The molecule has 0 aliphatic rings. The second-order valence-corrected chi connectivity index (χ2v) is 3.60. The normalized spacial score (nSPS) is 15.9. The average molecular weight is 172 g/mol. The molecule has 0 rings (SSSR count). The zero-order chi connectivity index (χ0) is 6.57. The van der Waals surface area contributed by atoms with Gasteiger partial charge in [0.1, 0.15) is 0 Å². The minimum absolute atomic E-state index is 0. The van der Waals surface area contributed by atoms with Gasteiger partial charge in [-0.3, -0.25) is 4.21 Å². The second-order valence-electron chi connectivity index (χ2n) is 2.04. The molecule has 58 valence electrons. The van der Waals surface area contributed by atoms with Crippen LogP contribution in [0, 0.1) is 0 Å². The van der Waals surface area contributed by atoms with Crippen LogP contribution in [0.5, 0.6) is 0 Å². The van der Waals surface area contributed by atoms with Gasteiger partial charge in [0, 0.05) is 28.9 Å². The van der Waals surface area contributed by atoms with E-state index in [1.165, 1.54) is 0 Å². The van der Waals surface area contributed by atoms with Crippen molar-refractivity contribution in [1.82, 2.24) is 0 Å². The van der Waals surface area contributed by atoms with Crippen LogP contribution in [0.25, 0.3) is 0 Å². The Morgan fingerprint density at radius 3 is 2.22 bits per heavy atom. The molecule has 0 heterocycles. The Morgan fingerprint density at radius 1 is 1.67 bits per heavy atom. The lowest BCUT2D eigenvalue weighted by molar-refractivity contribution is 0.671. The van der Waals surface area contributed by atoms with Gasteiger partial charge in [-0.2, -0.15) is 0 Å². The van der Waals surface area contributed by atoms with Gasteiger partial charge in [0.15, 0.2) is 0 Å². The van der Waals surface area contributed by atoms with Gasteiger partial charge in [-0.05, 0) is 13.3 Å². The Hall–Kier alpha value is 0.400. The first-order chi connectivity index (χ1) is 3.63. The maximum atomic E-state index is 10.4. The van der Waals surface area contributed by atoms with E-state index >= 15 is 0 Å². The van der Waals surface area contributed by atoms with Crippen molar-refractivity contribution in [2.24, 2.45) is 5.73 Å². The Labute approximate surface area is 65.1 Å². The Morgan fingerprint density at radius 2 is 2.11 bits per heavy atom. The van der Waals surface area contributed by atoms with Crippen molar-refractivity contribution in [3.8, 4) is 0 Å². The quantitative estimate of drug-likeness (QED) is 0.673. The van der Waals surface area contributed by atoms with Gasteiger partial charge in [0.25, 0.3) is 0 Å². The predicted octanol–water partition coefficient (Wildman–Crippen LogP) is 0.524. The number of rotatable bonds is 3. The molecule has 0 saturated carbocycles. The van der Waals surface area contributed by atoms with E-state index < -0.39 is 10.8 Å². The van der Waals surface area contributed by atoms with Crippen LogP contribution >= 0.6 is 12.4 Å². The highest BCUT2D eigenvalue weighted by molar-refractivity contribution is 7.84. The highest BCUT2D eigenvalue weighted by Gasteiger charge is 1.94. The van der Waals surface area contributed by atoms with Gasteiger partial charge < -0.3 is 5.73 Å². The predicted molar refractivity (Wildman–Crippen MR) is 44.4 cm³/mol. The van der Waals surface area contributed by atoms with Crippen molar-refractivity contribution >= 4 is 23.2 Å². The maximum absolute atomic E-state index is 10.4. The van der Waals surface area contributed by atoms with Crippen LogP contribution in [0.4, 0.5) is 0 Å². The van der Waals surface area contributed by atoms with Crippen molar-refractivity contribution < 1.29 is 4.21 Å². The third-order valence-corrected chi connectivity index (χ3v) is 1.67. The van der Waals surface area contributed by atoms with Crippen LogP contribution in [0.3, 0.4) is 0 Å². The fourth-order valence-corrected chi connectivity index (χ4v) is 1.06. The average Bonchev–Trinajstić information content (AvgIpc) is 1.61. The standard InChI is InChI=1S/C5H13NOS.ClH/c1-5(6)3-4-8(2)7;/h5H,3-4,6H2,1-2H3;1H. The fourth-order valence-electron chi connectivity index (χ4n) is 0.352.